The molecule has 0 amide bonds. The molecule has 3 atom stereocenters. The standard InChI is InChI=1S/C16H23Cl2N2O/c17-14-5-13(6-15(18)7-14)10-20(16-2-4-21-11-16)3-1-12(8-19)9-20/h5-7,12,16H,1-4,8-11,19H2/q+1/t12-,16-,20?/m0/s1. The molecule has 2 aliphatic rings. The number of rotatable bonds is 4. The zero-order valence-corrected chi connectivity index (χ0v) is 13.7. The summed E-state index contributed by atoms with van der Waals surface area (Å²) < 4.78 is 6.73. The summed E-state index contributed by atoms with van der Waals surface area (Å²) in [5, 5.41) is 1.43. The van der Waals surface area contributed by atoms with Crippen LogP contribution in [0.15, 0.2) is 18.2 Å². The number of hydrogen-bond acceptors (Lipinski definition) is 2. The number of nitrogens with zero attached hydrogens (tertiary/aromatic N) is 1. The van der Waals surface area contributed by atoms with Crippen LogP contribution in [0.4, 0.5) is 0 Å². The van der Waals surface area contributed by atoms with Gasteiger partial charge >= 0.3 is 0 Å². The van der Waals surface area contributed by atoms with Crippen LogP contribution >= 0.6 is 23.2 Å². The third-order valence-electron chi connectivity index (χ3n) is 5.04. The van der Waals surface area contributed by atoms with E-state index in [4.69, 9.17) is 33.7 Å². The van der Waals surface area contributed by atoms with Gasteiger partial charge in [0.2, 0.25) is 0 Å². The lowest BCUT2D eigenvalue weighted by molar-refractivity contribution is -0.952. The molecule has 2 heterocycles. The number of halogens is 2. The Labute approximate surface area is 136 Å². The predicted octanol–water partition coefficient (Wildman–Crippen LogP) is 3.08. The fraction of sp³-hybridized carbons (Fsp3) is 0.625. The van der Waals surface area contributed by atoms with Crippen molar-refractivity contribution < 1.29 is 9.22 Å². The fourth-order valence-electron chi connectivity index (χ4n) is 3.95. The lowest BCUT2D eigenvalue weighted by Crippen LogP contribution is -2.53. The van der Waals surface area contributed by atoms with E-state index in [-0.39, 0.29) is 0 Å². The number of hydrogen-bond donors (Lipinski definition) is 1. The topological polar surface area (TPSA) is 35.2 Å². The second kappa shape index (κ2) is 6.43. The molecule has 21 heavy (non-hydrogen) atoms. The Kier molecular flexibility index (Phi) is 4.77. The number of ether oxygens (including phenoxy) is 1. The first-order chi connectivity index (χ1) is 10.1. The van der Waals surface area contributed by atoms with Gasteiger partial charge < -0.3 is 15.0 Å². The molecular weight excluding hydrogens is 307 g/mol. The Hall–Kier alpha value is -0.320. The maximum atomic E-state index is 6.16. The molecule has 2 fully saturated rings. The van der Waals surface area contributed by atoms with Crippen LogP contribution in [-0.2, 0) is 11.3 Å². The largest absolute Gasteiger partial charge is 0.375 e. The van der Waals surface area contributed by atoms with E-state index >= 15 is 0 Å². The second-order valence-electron chi connectivity index (χ2n) is 6.47. The van der Waals surface area contributed by atoms with E-state index < -0.39 is 0 Å². The van der Waals surface area contributed by atoms with Crippen molar-refractivity contribution in [1.29, 1.82) is 0 Å². The molecular formula is C16H23Cl2N2O+. The van der Waals surface area contributed by atoms with Crippen LogP contribution in [-0.4, -0.2) is 43.4 Å². The minimum Gasteiger partial charge on any atom is -0.375 e. The van der Waals surface area contributed by atoms with Gasteiger partial charge in [-0.25, -0.2) is 0 Å². The van der Waals surface area contributed by atoms with Gasteiger partial charge in [0.25, 0.3) is 0 Å². The van der Waals surface area contributed by atoms with Crippen LogP contribution in [0.2, 0.25) is 10.0 Å². The molecule has 3 rings (SSSR count). The van der Waals surface area contributed by atoms with Crippen molar-refractivity contribution in [3.63, 3.8) is 0 Å². The molecule has 2 N–H and O–H groups in total. The first-order valence-corrected chi connectivity index (χ1v) is 8.45. The second-order valence-corrected chi connectivity index (χ2v) is 7.34. The highest BCUT2D eigenvalue weighted by Gasteiger charge is 2.45. The summed E-state index contributed by atoms with van der Waals surface area (Å²) in [7, 11) is 0. The summed E-state index contributed by atoms with van der Waals surface area (Å²) in [6.45, 7) is 5.84. The fourth-order valence-corrected chi connectivity index (χ4v) is 4.52. The molecule has 0 spiro atoms. The summed E-state index contributed by atoms with van der Waals surface area (Å²) in [6.07, 6.45) is 2.35. The predicted molar refractivity (Wildman–Crippen MR) is 86.5 cm³/mol. The zero-order valence-electron chi connectivity index (χ0n) is 12.2. The first kappa shape index (κ1) is 15.6. The van der Waals surface area contributed by atoms with Crippen molar-refractivity contribution in [2.24, 2.45) is 11.7 Å². The van der Waals surface area contributed by atoms with Crippen molar-refractivity contribution in [3.05, 3.63) is 33.8 Å². The average molecular weight is 330 g/mol. The van der Waals surface area contributed by atoms with Crippen LogP contribution in [0.5, 0.6) is 0 Å². The molecule has 0 saturated carbocycles. The van der Waals surface area contributed by atoms with Crippen molar-refractivity contribution in [2.75, 3.05) is 32.8 Å². The minimum atomic E-state index is 0.583. The number of likely N-dealkylation sites (tertiary alicyclic amines) is 1. The summed E-state index contributed by atoms with van der Waals surface area (Å²) in [5.41, 5.74) is 7.13. The summed E-state index contributed by atoms with van der Waals surface area (Å²) >= 11 is 12.3. The van der Waals surface area contributed by atoms with Crippen molar-refractivity contribution in [3.8, 4) is 0 Å². The molecule has 1 unspecified atom stereocenters. The molecule has 2 saturated heterocycles. The SMILES string of the molecule is NC[C@@H]1CC[N+](Cc2cc(Cl)cc(Cl)c2)([C@H]2CCOC2)C1. The van der Waals surface area contributed by atoms with E-state index in [1.807, 2.05) is 12.1 Å². The number of quaternary nitrogens is 1. The van der Waals surface area contributed by atoms with E-state index in [1.54, 1.807) is 6.07 Å². The van der Waals surface area contributed by atoms with Crippen molar-refractivity contribution in [2.45, 2.75) is 25.4 Å². The summed E-state index contributed by atoms with van der Waals surface area (Å²) in [6, 6.07) is 6.46. The number of benzene rings is 1. The number of nitrogens with two attached hydrogens (primary N) is 1. The van der Waals surface area contributed by atoms with E-state index in [1.165, 1.54) is 18.5 Å². The normalized spacial score (nSPS) is 32.7. The highest BCUT2D eigenvalue weighted by atomic mass is 35.5. The van der Waals surface area contributed by atoms with Gasteiger partial charge in [0.05, 0.1) is 26.3 Å². The van der Waals surface area contributed by atoms with Gasteiger partial charge in [-0.2, -0.15) is 0 Å². The molecule has 0 bridgehead atoms. The van der Waals surface area contributed by atoms with Gasteiger partial charge in [0.15, 0.2) is 0 Å². The van der Waals surface area contributed by atoms with Gasteiger partial charge in [0, 0.05) is 40.9 Å². The Morgan fingerprint density at radius 3 is 2.52 bits per heavy atom. The maximum Gasteiger partial charge on any atom is 0.115 e. The molecule has 0 aromatic heterocycles. The Bertz CT molecular complexity index is 485. The molecule has 1 aromatic carbocycles. The highest BCUT2D eigenvalue weighted by molar-refractivity contribution is 6.34. The van der Waals surface area contributed by atoms with Crippen LogP contribution < -0.4 is 5.73 Å². The smallest absolute Gasteiger partial charge is 0.115 e. The van der Waals surface area contributed by atoms with Crippen LogP contribution in [0.1, 0.15) is 18.4 Å². The third kappa shape index (κ3) is 3.38. The van der Waals surface area contributed by atoms with Crippen LogP contribution in [0.25, 0.3) is 0 Å². The van der Waals surface area contributed by atoms with Crippen LogP contribution in [0.3, 0.4) is 0 Å². The molecule has 2 aliphatic heterocycles. The van der Waals surface area contributed by atoms with E-state index in [0.717, 1.165) is 43.8 Å². The summed E-state index contributed by atoms with van der Waals surface area (Å²) in [4.78, 5) is 0. The lowest BCUT2D eigenvalue weighted by Gasteiger charge is -2.40. The van der Waals surface area contributed by atoms with E-state index in [9.17, 15) is 0 Å². The van der Waals surface area contributed by atoms with Gasteiger partial charge in [-0.15, -0.1) is 0 Å². The molecule has 116 valence electrons. The Morgan fingerprint density at radius 1 is 1.19 bits per heavy atom. The van der Waals surface area contributed by atoms with Gasteiger partial charge in [-0.3, -0.25) is 0 Å². The molecule has 0 aliphatic carbocycles. The molecule has 0 radical (unpaired) electrons. The molecule has 1 aromatic rings. The monoisotopic (exact) mass is 329 g/mol. The minimum absolute atomic E-state index is 0.583. The van der Waals surface area contributed by atoms with Gasteiger partial charge in [0.1, 0.15) is 12.6 Å². The zero-order chi connectivity index (χ0) is 14.9. The van der Waals surface area contributed by atoms with E-state index in [0.29, 0.717) is 22.0 Å². The van der Waals surface area contributed by atoms with Crippen LogP contribution in [0, 0.1) is 5.92 Å². The Balaban J connectivity index is 1.85. The Morgan fingerprint density at radius 2 is 1.95 bits per heavy atom. The first-order valence-electron chi connectivity index (χ1n) is 7.70. The highest BCUT2D eigenvalue weighted by Crippen LogP contribution is 2.34. The third-order valence-corrected chi connectivity index (χ3v) is 5.47. The quantitative estimate of drug-likeness (QED) is 0.861. The van der Waals surface area contributed by atoms with Crippen molar-refractivity contribution >= 4 is 23.2 Å². The lowest BCUT2D eigenvalue weighted by atomic mass is 10.1. The van der Waals surface area contributed by atoms with Crippen molar-refractivity contribution in [1.82, 2.24) is 0 Å². The summed E-state index contributed by atoms with van der Waals surface area (Å²) in [5.74, 6) is 0.625. The average Bonchev–Trinajstić information content (AvgIpc) is 3.06. The molecule has 3 nitrogen and oxygen atoms in total. The molecule has 5 heteroatoms. The maximum absolute atomic E-state index is 6.16. The van der Waals surface area contributed by atoms with Gasteiger partial charge in [-0.1, -0.05) is 23.2 Å². The van der Waals surface area contributed by atoms with Gasteiger partial charge in [-0.05, 0) is 18.2 Å². The van der Waals surface area contributed by atoms with E-state index in [2.05, 4.69) is 0 Å².